The quantitative estimate of drug-likeness (QED) is 0.848. The maximum atomic E-state index is 12.8. The van der Waals surface area contributed by atoms with Crippen molar-refractivity contribution in [1.29, 1.82) is 0 Å². The number of hydrogen-bond acceptors (Lipinski definition) is 4. The molecule has 0 N–H and O–H groups in total. The van der Waals surface area contributed by atoms with Crippen molar-refractivity contribution < 1.29 is 18.7 Å². The van der Waals surface area contributed by atoms with Gasteiger partial charge in [-0.05, 0) is 25.8 Å². The minimum Gasteiger partial charge on any atom is -0.469 e. The summed E-state index contributed by atoms with van der Waals surface area (Å²) in [6, 6.07) is 1.24. The molecule has 6 nitrogen and oxygen atoms in total. The molecule has 2 amide bonds. The van der Waals surface area contributed by atoms with Crippen molar-refractivity contribution in [2.45, 2.75) is 38.3 Å². The summed E-state index contributed by atoms with van der Waals surface area (Å²) in [7, 11) is 1.62. The van der Waals surface area contributed by atoms with Crippen LogP contribution in [0.15, 0.2) is 16.7 Å². The molecule has 22 heavy (non-hydrogen) atoms. The summed E-state index contributed by atoms with van der Waals surface area (Å²) in [5, 5.41) is 0. The summed E-state index contributed by atoms with van der Waals surface area (Å²) < 4.78 is 10.6. The van der Waals surface area contributed by atoms with Crippen molar-refractivity contribution in [3.8, 4) is 0 Å². The van der Waals surface area contributed by atoms with Crippen LogP contribution in [-0.2, 0) is 9.53 Å². The molecular weight excluding hydrogens is 284 g/mol. The molecular formula is C16H22N2O4. The normalized spacial score (nSPS) is 25.0. The number of nitrogens with zero attached hydrogens (tertiary/aromatic N) is 2. The highest BCUT2D eigenvalue weighted by Gasteiger charge is 2.42. The highest BCUT2D eigenvalue weighted by molar-refractivity contribution is 5.98. The van der Waals surface area contributed by atoms with E-state index in [0.717, 1.165) is 25.9 Å². The second-order valence-corrected chi connectivity index (χ2v) is 5.99. The van der Waals surface area contributed by atoms with E-state index in [-0.39, 0.29) is 17.9 Å². The number of amides is 2. The third-order valence-electron chi connectivity index (χ3n) is 4.65. The lowest BCUT2D eigenvalue weighted by Gasteiger charge is -2.27. The molecule has 3 rings (SSSR count). The molecule has 6 heteroatoms. The van der Waals surface area contributed by atoms with Gasteiger partial charge in [0.2, 0.25) is 5.91 Å². The molecule has 0 saturated carbocycles. The highest BCUT2D eigenvalue weighted by atomic mass is 16.5. The molecule has 1 aromatic heterocycles. The Morgan fingerprint density at radius 2 is 2.05 bits per heavy atom. The molecule has 2 aliphatic rings. The van der Waals surface area contributed by atoms with Gasteiger partial charge in [0, 0.05) is 33.2 Å². The first-order chi connectivity index (χ1) is 10.6. The number of ether oxygens (including phenoxy) is 1. The second kappa shape index (κ2) is 6.12. The number of furan rings is 1. The fraction of sp³-hybridized carbons (Fsp3) is 0.625. The van der Waals surface area contributed by atoms with Crippen LogP contribution in [0.1, 0.15) is 35.4 Å². The highest BCUT2D eigenvalue weighted by Crippen LogP contribution is 2.26. The van der Waals surface area contributed by atoms with Gasteiger partial charge in [-0.2, -0.15) is 0 Å². The number of hydrogen-bond donors (Lipinski definition) is 0. The van der Waals surface area contributed by atoms with E-state index in [9.17, 15) is 9.59 Å². The zero-order valence-electron chi connectivity index (χ0n) is 13.1. The molecule has 2 aliphatic heterocycles. The van der Waals surface area contributed by atoms with Gasteiger partial charge in [0.1, 0.15) is 11.8 Å². The number of likely N-dealkylation sites (tertiary alicyclic amines) is 2. The fourth-order valence-electron chi connectivity index (χ4n) is 3.34. The van der Waals surface area contributed by atoms with E-state index >= 15 is 0 Å². The number of aryl methyl sites for hydroxylation is 1. The molecule has 2 saturated heterocycles. The zero-order chi connectivity index (χ0) is 15.7. The van der Waals surface area contributed by atoms with Crippen LogP contribution in [0.25, 0.3) is 0 Å². The minimum atomic E-state index is -0.426. The van der Waals surface area contributed by atoms with Crippen molar-refractivity contribution in [3.05, 3.63) is 23.7 Å². The van der Waals surface area contributed by atoms with Crippen LogP contribution >= 0.6 is 0 Å². The number of methoxy groups -OCH3 is 1. The van der Waals surface area contributed by atoms with Crippen molar-refractivity contribution >= 4 is 11.8 Å². The van der Waals surface area contributed by atoms with Crippen LogP contribution in [0.3, 0.4) is 0 Å². The monoisotopic (exact) mass is 306 g/mol. The van der Waals surface area contributed by atoms with Gasteiger partial charge in [-0.15, -0.1) is 0 Å². The van der Waals surface area contributed by atoms with Crippen molar-refractivity contribution in [2.24, 2.45) is 0 Å². The first kappa shape index (κ1) is 15.1. The van der Waals surface area contributed by atoms with Crippen LogP contribution in [0.5, 0.6) is 0 Å². The Bertz CT molecular complexity index is 562. The van der Waals surface area contributed by atoms with Crippen molar-refractivity contribution in [3.63, 3.8) is 0 Å². The molecule has 0 bridgehead atoms. The molecule has 0 aromatic carbocycles. The molecule has 0 spiro atoms. The molecule has 1 aromatic rings. The summed E-state index contributed by atoms with van der Waals surface area (Å²) in [6.45, 7) is 3.79. The molecule has 2 atom stereocenters. The lowest BCUT2D eigenvalue weighted by atomic mass is 10.1. The van der Waals surface area contributed by atoms with E-state index < -0.39 is 6.04 Å². The van der Waals surface area contributed by atoms with E-state index in [2.05, 4.69) is 0 Å². The van der Waals surface area contributed by atoms with Gasteiger partial charge in [0.05, 0.1) is 17.9 Å². The molecule has 3 heterocycles. The number of rotatable bonds is 3. The van der Waals surface area contributed by atoms with Gasteiger partial charge in [-0.3, -0.25) is 9.59 Å². The Balaban J connectivity index is 1.81. The number of carbonyl (C=O) groups is 2. The minimum absolute atomic E-state index is 0.0477. The van der Waals surface area contributed by atoms with Crippen molar-refractivity contribution in [2.75, 3.05) is 26.7 Å². The van der Waals surface area contributed by atoms with E-state index in [1.54, 1.807) is 25.0 Å². The Labute approximate surface area is 130 Å². The summed E-state index contributed by atoms with van der Waals surface area (Å²) >= 11 is 0. The lowest BCUT2D eigenvalue weighted by Crippen LogP contribution is -2.47. The van der Waals surface area contributed by atoms with Crippen LogP contribution < -0.4 is 0 Å². The van der Waals surface area contributed by atoms with Crippen LogP contribution in [-0.4, -0.2) is 60.5 Å². The predicted molar refractivity (Wildman–Crippen MR) is 79.5 cm³/mol. The van der Waals surface area contributed by atoms with Crippen LogP contribution in [0.4, 0.5) is 0 Å². The van der Waals surface area contributed by atoms with Gasteiger partial charge in [-0.1, -0.05) is 0 Å². The Morgan fingerprint density at radius 1 is 1.32 bits per heavy atom. The molecule has 120 valence electrons. The standard InChI is InChI=1S/C16H22N2O4/c1-11-13(5-8-22-11)15(19)18-10-12(21-2)9-14(18)16(20)17-6-3-4-7-17/h5,8,12,14H,3-4,6-7,9-10H2,1-2H3/t12-,14-/m0/s1. The molecule has 0 aliphatic carbocycles. The van der Waals surface area contributed by atoms with E-state index in [0.29, 0.717) is 24.3 Å². The van der Waals surface area contributed by atoms with Gasteiger partial charge < -0.3 is 19.0 Å². The van der Waals surface area contributed by atoms with Gasteiger partial charge >= 0.3 is 0 Å². The van der Waals surface area contributed by atoms with Gasteiger partial charge in [0.15, 0.2) is 0 Å². The third kappa shape index (κ3) is 2.63. The second-order valence-electron chi connectivity index (χ2n) is 5.99. The lowest BCUT2D eigenvalue weighted by molar-refractivity contribution is -0.134. The van der Waals surface area contributed by atoms with E-state index in [4.69, 9.17) is 9.15 Å². The Hall–Kier alpha value is -1.82. The maximum Gasteiger partial charge on any atom is 0.258 e. The Morgan fingerprint density at radius 3 is 2.64 bits per heavy atom. The zero-order valence-corrected chi connectivity index (χ0v) is 13.1. The SMILES string of the molecule is CO[C@H]1C[C@@H](C(=O)N2CCCC2)N(C(=O)c2ccoc2C)C1. The molecule has 0 unspecified atom stereocenters. The average Bonchev–Trinajstić information content (AvgIpc) is 3.25. The van der Waals surface area contributed by atoms with Gasteiger partial charge in [0.25, 0.3) is 5.91 Å². The third-order valence-corrected chi connectivity index (χ3v) is 4.65. The first-order valence-corrected chi connectivity index (χ1v) is 7.78. The van der Waals surface area contributed by atoms with Gasteiger partial charge in [-0.25, -0.2) is 0 Å². The summed E-state index contributed by atoms with van der Waals surface area (Å²) in [5.74, 6) is 0.480. The average molecular weight is 306 g/mol. The fourth-order valence-corrected chi connectivity index (χ4v) is 3.34. The molecule has 2 fully saturated rings. The predicted octanol–water partition coefficient (Wildman–Crippen LogP) is 1.44. The number of carbonyl (C=O) groups excluding carboxylic acids is 2. The first-order valence-electron chi connectivity index (χ1n) is 7.78. The molecule has 0 radical (unpaired) electrons. The summed E-state index contributed by atoms with van der Waals surface area (Å²) in [5.41, 5.74) is 0.524. The van der Waals surface area contributed by atoms with E-state index in [1.807, 2.05) is 4.90 Å². The topological polar surface area (TPSA) is 63.0 Å². The van der Waals surface area contributed by atoms with E-state index in [1.165, 1.54) is 6.26 Å². The maximum absolute atomic E-state index is 12.8. The smallest absolute Gasteiger partial charge is 0.258 e. The largest absolute Gasteiger partial charge is 0.469 e. The summed E-state index contributed by atoms with van der Waals surface area (Å²) in [4.78, 5) is 29.0. The summed E-state index contributed by atoms with van der Waals surface area (Å²) in [6.07, 6.45) is 4.06. The van der Waals surface area contributed by atoms with Crippen molar-refractivity contribution in [1.82, 2.24) is 9.80 Å². The Kier molecular flexibility index (Phi) is 4.20. The van der Waals surface area contributed by atoms with Crippen LogP contribution in [0, 0.1) is 6.92 Å². The van der Waals surface area contributed by atoms with Crippen LogP contribution in [0.2, 0.25) is 0 Å².